The third-order valence-electron chi connectivity index (χ3n) is 3.50. The first kappa shape index (κ1) is 18.8. The number of rotatable bonds is 5. The molecule has 3 aromatic heterocycles. The Labute approximate surface area is 152 Å². The molecule has 4 nitrogen and oxygen atoms in total. The van der Waals surface area contributed by atoms with Gasteiger partial charge in [-0.05, 0) is 30.2 Å². The summed E-state index contributed by atoms with van der Waals surface area (Å²) in [6.45, 7) is 6.04. The molecule has 3 aromatic rings. The van der Waals surface area contributed by atoms with Crippen molar-refractivity contribution in [2.45, 2.75) is 27.2 Å². The van der Waals surface area contributed by atoms with Gasteiger partial charge in [-0.15, -0.1) is 11.3 Å². The van der Waals surface area contributed by atoms with Gasteiger partial charge in [-0.3, -0.25) is 10.4 Å². The lowest BCUT2D eigenvalue weighted by molar-refractivity contribution is 0.420. The number of pyridine rings is 2. The summed E-state index contributed by atoms with van der Waals surface area (Å²) in [5.41, 5.74) is 3.98. The normalized spacial score (nSPS) is 10.6. The second-order valence-electron chi connectivity index (χ2n) is 5.00. The average Bonchev–Trinajstić information content (AvgIpc) is 3.11. The van der Waals surface area contributed by atoms with E-state index in [0.29, 0.717) is 11.4 Å². The molecule has 0 atom stereocenters. The molecule has 0 aliphatic rings. The van der Waals surface area contributed by atoms with Crippen LogP contribution in [0.1, 0.15) is 32.9 Å². The van der Waals surface area contributed by atoms with Crippen molar-refractivity contribution in [3.63, 3.8) is 0 Å². The minimum atomic E-state index is 0.388. The lowest BCUT2D eigenvalue weighted by Crippen LogP contribution is -2.00. The van der Waals surface area contributed by atoms with E-state index in [-0.39, 0.29) is 0 Å². The molecule has 0 saturated heterocycles. The second-order valence-corrected chi connectivity index (χ2v) is 5.88. The predicted molar refractivity (Wildman–Crippen MR) is 107 cm³/mol. The highest BCUT2D eigenvalue weighted by Gasteiger charge is 2.15. The molecule has 0 aromatic carbocycles. The highest BCUT2D eigenvalue weighted by molar-refractivity contribution is 7.18. The van der Waals surface area contributed by atoms with Gasteiger partial charge in [0, 0.05) is 29.4 Å². The van der Waals surface area contributed by atoms with Crippen molar-refractivity contribution in [2.24, 2.45) is 0 Å². The summed E-state index contributed by atoms with van der Waals surface area (Å²) < 4.78 is 6.50. The first-order valence-electron chi connectivity index (χ1n) is 8.36. The van der Waals surface area contributed by atoms with E-state index in [9.17, 15) is 0 Å². The van der Waals surface area contributed by atoms with E-state index in [1.165, 1.54) is 0 Å². The quantitative estimate of drug-likeness (QED) is 0.596. The van der Waals surface area contributed by atoms with E-state index in [4.69, 9.17) is 15.1 Å². The van der Waals surface area contributed by atoms with Crippen molar-refractivity contribution in [2.75, 3.05) is 7.11 Å². The Morgan fingerprint density at radius 3 is 2.64 bits per heavy atom. The minimum Gasteiger partial charge on any atom is -0.495 e. The molecule has 25 heavy (non-hydrogen) atoms. The van der Waals surface area contributed by atoms with Crippen LogP contribution in [0, 0.1) is 5.41 Å². The molecule has 0 bridgehead atoms. The summed E-state index contributed by atoms with van der Waals surface area (Å²) in [4.78, 5) is 8.77. The number of nitrogens with zero attached hydrogens (tertiary/aromatic N) is 2. The molecular weight excluding hydrogens is 330 g/mol. The molecular formula is C20H23N3OS. The van der Waals surface area contributed by atoms with Gasteiger partial charge < -0.3 is 4.74 Å². The largest absolute Gasteiger partial charge is 0.495 e. The number of thiophene rings is 1. The maximum atomic E-state index is 8.20. The van der Waals surface area contributed by atoms with Crippen LogP contribution >= 0.6 is 11.3 Å². The third-order valence-corrected chi connectivity index (χ3v) is 4.48. The third kappa shape index (κ3) is 4.12. The van der Waals surface area contributed by atoms with Crippen LogP contribution < -0.4 is 4.74 Å². The van der Waals surface area contributed by atoms with Crippen LogP contribution in [0.5, 0.6) is 5.75 Å². The van der Waals surface area contributed by atoms with Gasteiger partial charge in [-0.1, -0.05) is 26.8 Å². The number of methoxy groups -OCH3 is 1. The molecule has 3 heterocycles. The first-order valence-corrected chi connectivity index (χ1v) is 9.24. The van der Waals surface area contributed by atoms with E-state index >= 15 is 0 Å². The monoisotopic (exact) mass is 353 g/mol. The molecule has 0 unspecified atom stereocenters. The van der Waals surface area contributed by atoms with Crippen molar-refractivity contribution >= 4 is 27.3 Å². The smallest absolute Gasteiger partial charge is 0.140 e. The predicted octanol–water partition coefficient (Wildman–Crippen LogP) is 5.73. The molecule has 130 valence electrons. The van der Waals surface area contributed by atoms with Crippen LogP contribution in [-0.2, 0) is 0 Å². The van der Waals surface area contributed by atoms with Crippen molar-refractivity contribution in [3.05, 3.63) is 53.8 Å². The van der Waals surface area contributed by atoms with Crippen molar-refractivity contribution in [1.82, 2.24) is 9.97 Å². The number of aromatic nitrogens is 2. The topological polar surface area (TPSA) is 58.9 Å². The Morgan fingerprint density at radius 2 is 2.00 bits per heavy atom. The Kier molecular flexibility index (Phi) is 6.83. The minimum absolute atomic E-state index is 0.388. The van der Waals surface area contributed by atoms with E-state index in [1.807, 2.05) is 45.0 Å². The second kappa shape index (κ2) is 9.08. The zero-order valence-electron chi connectivity index (χ0n) is 15.0. The number of nitrogens with one attached hydrogen (secondary N) is 1. The molecule has 0 radical (unpaired) electrons. The summed E-state index contributed by atoms with van der Waals surface area (Å²) in [6.07, 6.45) is 8.17. The van der Waals surface area contributed by atoms with Gasteiger partial charge in [0.2, 0.25) is 0 Å². The molecule has 1 N–H and O–H groups in total. The summed E-state index contributed by atoms with van der Waals surface area (Å²) in [5, 5.41) is 10.3. The number of allylic oxidation sites excluding steroid dienone is 2. The molecule has 0 fully saturated rings. The highest BCUT2D eigenvalue weighted by atomic mass is 32.1. The van der Waals surface area contributed by atoms with Crippen LogP contribution in [0.25, 0.3) is 21.3 Å². The van der Waals surface area contributed by atoms with E-state index < -0.39 is 0 Å². The zero-order chi connectivity index (χ0) is 18.2. The average molecular weight is 353 g/mol. The molecule has 0 aliphatic heterocycles. The van der Waals surface area contributed by atoms with Gasteiger partial charge in [0.05, 0.1) is 28.7 Å². The zero-order valence-corrected chi connectivity index (χ0v) is 15.9. The summed E-state index contributed by atoms with van der Waals surface area (Å²) in [6, 6.07) is 5.76. The van der Waals surface area contributed by atoms with Crippen LogP contribution in [-0.4, -0.2) is 22.8 Å². The Bertz CT molecular complexity index is 869. The number of fused-ring (bicyclic) bond motifs is 1. The van der Waals surface area contributed by atoms with Crippen LogP contribution in [0.2, 0.25) is 0 Å². The fraction of sp³-hybridized carbons (Fsp3) is 0.250. The van der Waals surface area contributed by atoms with E-state index in [1.54, 1.807) is 36.9 Å². The standard InChI is InChI=1S/C18H17N3OS.C2H6/c1-3-4-5-14(19)15-10-16(22-2)18-17(21-15)13(11-23-18)12-6-8-20-9-7-12;1-2/h4-11,19H,3H2,1-2H3;1-2H3/b5-4-,19-14?;. The number of hydrogen-bond acceptors (Lipinski definition) is 5. The lowest BCUT2D eigenvalue weighted by Gasteiger charge is -2.06. The molecule has 5 heteroatoms. The van der Waals surface area contributed by atoms with Gasteiger partial charge >= 0.3 is 0 Å². The molecule has 0 saturated carbocycles. The molecule has 0 amide bonds. The van der Waals surface area contributed by atoms with Gasteiger partial charge in [0.25, 0.3) is 0 Å². The SMILES string of the molecule is CC.CC/C=C\C(=N)c1cc(OC)c2scc(-c3ccncc3)c2n1. The van der Waals surface area contributed by atoms with E-state index in [0.717, 1.165) is 33.5 Å². The maximum absolute atomic E-state index is 8.20. The summed E-state index contributed by atoms with van der Waals surface area (Å²) >= 11 is 1.60. The van der Waals surface area contributed by atoms with Gasteiger partial charge in [0.15, 0.2) is 0 Å². The van der Waals surface area contributed by atoms with Crippen molar-refractivity contribution in [3.8, 4) is 16.9 Å². The van der Waals surface area contributed by atoms with Crippen LogP contribution in [0.3, 0.4) is 0 Å². The number of hydrogen-bond donors (Lipinski definition) is 1. The lowest BCUT2D eigenvalue weighted by atomic mass is 10.1. The Balaban J connectivity index is 0.00000109. The highest BCUT2D eigenvalue weighted by Crippen LogP contribution is 2.38. The van der Waals surface area contributed by atoms with Crippen LogP contribution in [0.4, 0.5) is 0 Å². The fourth-order valence-corrected chi connectivity index (χ4v) is 3.34. The Hall–Kier alpha value is -2.53. The van der Waals surface area contributed by atoms with Crippen molar-refractivity contribution < 1.29 is 4.74 Å². The van der Waals surface area contributed by atoms with Crippen LogP contribution in [0.15, 0.2) is 48.1 Å². The summed E-state index contributed by atoms with van der Waals surface area (Å²) in [7, 11) is 1.65. The molecule has 0 spiro atoms. The molecule has 3 rings (SSSR count). The Morgan fingerprint density at radius 1 is 1.28 bits per heavy atom. The van der Waals surface area contributed by atoms with Gasteiger partial charge in [0.1, 0.15) is 5.75 Å². The first-order chi connectivity index (χ1) is 12.2. The van der Waals surface area contributed by atoms with Crippen molar-refractivity contribution in [1.29, 1.82) is 5.41 Å². The fourth-order valence-electron chi connectivity index (χ4n) is 2.33. The number of ether oxygens (including phenoxy) is 1. The molecule has 0 aliphatic carbocycles. The van der Waals surface area contributed by atoms with E-state index in [2.05, 4.69) is 10.4 Å². The maximum Gasteiger partial charge on any atom is 0.140 e. The van der Waals surface area contributed by atoms with Gasteiger partial charge in [-0.25, -0.2) is 4.98 Å². The van der Waals surface area contributed by atoms with Gasteiger partial charge in [-0.2, -0.15) is 0 Å². The summed E-state index contributed by atoms with van der Waals surface area (Å²) in [5.74, 6) is 0.755.